The summed E-state index contributed by atoms with van der Waals surface area (Å²) in [6.45, 7) is 4.48. The van der Waals surface area contributed by atoms with Gasteiger partial charge in [-0.1, -0.05) is 31.9 Å². The monoisotopic (exact) mass is 296 g/mol. The Kier molecular flexibility index (Phi) is 4.14. The molecule has 2 rings (SSSR count). The van der Waals surface area contributed by atoms with Crippen LogP contribution in [0.3, 0.4) is 0 Å². The van der Waals surface area contributed by atoms with Crippen molar-refractivity contribution < 1.29 is 9.90 Å². The van der Waals surface area contributed by atoms with Gasteiger partial charge in [0.1, 0.15) is 0 Å². The lowest BCUT2D eigenvalue weighted by Gasteiger charge is -2.36. The second kappa shape index (κ2) is 5.52. The van der Waals surface area contributed by atoms with Gasteiger partial charge in [-0.05, 0) is 36.8 Å². The Bertz CT molecular complexity index is 529. The van der Waals surface area contributed by atoms with E-state index in [-0.39, 0.29) is 17.0 Å². The van der Waals surface area contributed by atoms with Gasteiger partial charge in [-0.25, -0.2) is 4.79 Å². The third-order valence-corrected chi connectivity index (χ3v) is 4.19. The van der Waals surface area contributed by atoms with Crippen LogP contribution in [0.1, 0.15) is 49.9 Å². The van der Waals surface area contributed by atoms with Crippen LogP contribution in [0.5, 0.6) is 0 Å². The minimum Gasteiger partial charge on any atom is -0.478 e. The Morgan fingerprint density at radius 2 is 2.20 bits per heavy atom. The fraction of sp³-hybridized carbons (Fsp3) is 0.533. The molecule has 0 aliphatic heterocycles. The van der Waals surface area contributed by atoms with E-state index < -0.39 is 5.97 Å². The molecule has 1 aliphatic carbocycles. The Morgan fingerprint density at radius 1 is 1.50 bits per heavy atom. The first-order valence-corrected chi connectivity index (χ1v) is 7.25. The molecule has 0 heterocycles. The number of carboxylic acid groups (broad SMARTS) is 1. The fourth-order valence-corrected chi connectivity index (χ4v) is 3.25. The molecule has 1 aromatic carbocycles. The molecule has 0 saturated heterocycles. The van der Waals surface area contributed by atoms with Crippen LogP contribution in [0.4, 0.5) is 11.4 Å². The maximum atomic E-state index is 11.3. The highest BCUT2D eigenvalue weighted by Gasteiger charge is 2.29. The van der Waals surface area contributed by atoms with Crippen molar-refractivity contribution in [3.05, 3.63) is 22.7 Å². The third kappa shape index (κ3) is 3.37. The molecule has 1 aliphatic rings. The summed E-state index contributed by atoms with van der Waals surface area (Å²) in [5.41, 5.74) is 6.93. The molecule has 0 aromatic heterocycles. The number of halogens is 1. The zero-order valence-electron chi connectivity index (χ0n) is 11.9. The summed E-state index contributed by atoms with van der Waals surface area (Å²) in [7, 11) is 0. The molecule has 1 atom stereocenters. The van der Waals surface area contributed by atoms with Crippen molar-refractivity contribution in [2.75, 3.05) is 11.1 Å². The highest BCUT2D eigenvalue weighted by atomic mass is 35.5. The standard InChI is InChI=1S/C15H21ClN2O2/c1-15(2)5-3-4-10(8-15)18-13-11(14(19)20)6-9(17)7-12(13)16/h6-7,10,18H,3-5,8,17H2,1-2H3,(H,19,20). The number of nitrogens with two attached hydrogens (primary N) is 1. The van der Waals surface area contributed by atoms with Crippen molar-refractivity contribution in [2.45, 2.75) is 45.6 Å². The van der Waals surface area contributed by atoms with E-state index in [1.807, 2.05) is 0 Å². The predicted molar refractivity (Wildman–Crippen MR) is 82.5 cm³/mol. The number of hydrogen-bond acceptors (Lipinski definition) is 3. The Morgan fingerprint density at radius 3 is 2.80 bits per heavy atom. The van der Waals surface area contributed by atoms with Gasteiger partial charge < -0.3 is 16.2 Å². The van der Waals surface area contributed by atoms with Crippen molar-refractivity contribution in [3.8, 4) is 0 Å². The van der Waals surface area contributed by atoms with Crippen LogP contribution in [0.25, 0.3) is 0 Å². The molecule has 1 saturated carbocycles. The van der Waals surface area contributed by atoms with Crippen LogP contribution < -0.4 is 11.1 Å². The summed E-state index contributed by atoms with van der Waals surface area (Å²) >= 11 is 6.16. The van der Waals surface area contributed by atoms with E-state index >= 15 is 0 Å². The number of nitrogen functional groups attached to an aromatic ring is 1. The summed E-state index contributed by atoms with van der Waals surface area (Å²) in [6.07, 6.45) is 4.38. The average Bonchev–Trinajstić information content (AvgIpc) is 2.30. The molecule has 20 heavy (non-hydrogen) atoms. The van der Waals surface area contributed by atoms with E-state index in [0.717, 1.165) is 19.3 Å². The Labute approximate surface area is 124 Å². The summed E-state index contributed by atoms with van der Waals surface area (Å²) in [6, 6.07) is 3.28. The minimum atomic E-state index is -1.02. The van der Waals surface area contributed by atoms with E-state index in [4.69, 9.17) is 17.3 Å². The summed E-state index contributed by atoms with van der Waals surface area (Å²) in [5.74, 6) is -1.02. The van der Waals surface area contributed by atoms with Gasteiger partial charge in [-0.2, -0.15) is 0 Å². The Balaban J connectivity index is 2.27. The number of aromatic carboxylic acids is 1. The maximum absolute atomic E-state index is 11.3. The van der Waals surface area contributed by atoms with Gasteiger partial charge in [0.05, 0.1) is 16.3 Å². The molecule has 0 radical (unpaired) electrons. The van der Waals surface area contributed by atoms with E-state index in [9.17, 15) is 9.90 Å². The van der Waals surface area contributed by atoms with E-state index in [0.29, 0.717) is 16.4 Å². The largest absolute Gasteiger partial charge is 0.478 e. The maximum Gasteiger partial charge on any atom is 0.337 e. The lowest BCUT2D eigenvalue weighted by molar-refractivity contribution is 0.0698. The number of nitrogens with one attached hydrogen (secondary N) is 1. The number of carbonyl (C=O) groups is 1. The Hall–Kier alpha value is -1.42. The fourth-order valence-electron chi connectivity index (χ4n) is 2.97. The van der Waals surface area contributed by atoms with Crippen LogP contribution in [0.2, 0.25) is 5.02 Å². The highest BCUT2D eigenvalue weighted by Crippen LogP contribution is 2.38. The molecule has 1 unspecified atom stereocenters. The van der Waals surface area contributed by atoms with Gasteiger partial charge in [-0.3, -0.25) is 0 Å². The number of benzene rings is 1. The molecule has 4 nitrogen and oxygen atoms in total. The normalized spacial score (nSPS) is 21.4. The summed E-state index contributed by atoms with van der Waals surface area (Å²) in [4.78, 5) is 11.3. The molecule has 0 amide bonds. The van der Waals surface area contributed by atoms with Crippen molar-refractivity contribution in [3.63, 3.8) is 0 Å². The third-order valence-electron chi connectivity index (χ3n) is 3.90. The van der Waals surface area contributed by atoms with Crippen LogP contribution in [-0.4, -0.2) is 17.1 Å². The molecule has 110 valence electrons. The summed E-state index contributed by atoms with van der Waals surface area (Å²) in [5, 5.41) is 13.0. The average molecular weight is 297 g/mol. The molecule has 1 fully saturated rings. The first-order valence-electron chi connectivity index (χ1n) is 6.87. The molecule has 0 spiro atoms. The van der Waals surface area contributed by atoms with Gasteiger partial charge in [-0.15, -0.1) is 0 Å². The quantitative estimate of drug-likeness (QED) is 0.737. The van der Waals surface area contributed by atoms with E-state index in [1.165, 1.54) is 12.5 Å². The van der Waals surface area contributed by atoms with Crippen molar-refractivity contribution in [1.82, 2.24) is 0 Å². The van der Waals surface area contributed by atoms with Crippen LogP contribution in [0.15, 0.2) is 12.1 Å². The van der Waals surface area contributed by atoms with Gasteiger partial charge in [0, 0.05) is 11.7 Å². The second-order valence-corrected chi connectivity index (χ2v) is 6.74. The number of anilines is 2. The lowest BCUT2D eigenvalue weighted by Crippen LogP contribution is -2.32. The summed E-state index contributed by atoms with van der Waals surface area (Å²) < 4.78 is 0. The lowest BCUT2D eigenvalue weighted by atomic mass is 9.75. The molecule has 5 heteroatoms. The van der Waals surface area contributed by atoms with Crippen LogP contribution in [0, 0.1) is 5.41 Å². The molecule has 1 aromatic rings. The van der Waals surface area contributed by atoms with Crippen molar-refractivity contribution in [2.24, 2.45) is 5.41 Å². The molecular formula is C15H21ClN2O2. The minimum absolute atomic E-state index is 0.137. The van der Waals surface area contributed by atoms with E-state index in [1.54, 1.807) is 6.07 Å². The van der Waals surface area contributed by atoms with Gasteiger partial charge in [0.25, 0.3) is 0 Å². The van der Waals surface area contributed by atoms with Gasteiger partial charge in [0.15, 0.2) is 0 Å². The first kappa shape index (κ1) is 15.0. The molecule has 4 N–H and O–H groups in total. The number of rotatable bonds is 3. The highest BCUT2D eigenvalue weighted by molar-refractivity contribution is 6.34. The number of carboxylic acids is 1. The van der Waals surface area contributed by atoms with Crippen molar-refractivity contribution in [1.29, 1.82) is 0 Å². The first-order chi connectivity index (χ1) is 9.28. The zero-order valence-corrected chi connectivity index (χ0v) is 12.6. The zero-order chi connectivity index (χ0) is 14.9. The second-order valence-electron chi connectivity index (χ2n) is 6.33. The van der Waals surface area contributed by atoms with Gasteiger partial charge >= 0.3 is 5.97 Å². The molecular weight excluding hydrogens is 276 g/mol. The van der Waals surface area contributed by atoms with Crippen molar-refractivity contribution >= 4 is 28.9 Å². The van der Waals surface area contributed by atoms with Crippen LogP contribution >= 0.6 is 11.6 Å². The van der Waals surface area contributed by atoms with E-state index in [2.05, 4.69) is 19.2 Å². The topological polar surface area (TPSA) is 75.3 Å². The van der Waals surface area contributed by atoms with Gasteiger partial charge in [0.2, 0.25) is 0 Å². The molecule has 0 bridgehead atoms. The smallest absolute Gasteiger partial charge is 0.337 e. The SMILES string of the molecule is CC1(C)CCCC(Nc2c(Cl)cc(N)cc2C(=O)O)C1. The predicted octanol–water partition coefficient (Wildman–Crippen LogP) is 4.00. The van der Waals surface area contributed by atoms with Crippen LogP contribution in [-0.2, 0) is 0 Å². The number of hydrogen-bond donors (Lipinski definition) is 3.